The first-order valence-corrected chi connectivity index (χ1v) is 10.5. The third-order valence-corrected chi connectivity index (χ3v) is 5.52. The quantitative estimate of drug-likeness (QED) is 0.647. The fourth-order valence-corrected chi connectivity index (χ4v) is 3.76. The molecule has 0 atom stereocenters. The molecule has 9 nitrogen and oxygen atoms in total. The minimum absolute atomic E-state index is 0.158. The van der Waals surface area contributed by atoms with E-state index < -0.39 is 0 Å². The van der Waals surface area contributed by atoms with Gasteiger partial charge in [0.1, 0.15) is 12.3 Å². The summed E-state index contributed by atoms with van der Waals surface area (Å²) < 4.78 is 5.46. The summed E-state index contributed by atoms with van der Waals surface area (Å²) in [6, 6.07) is 11.6. The van der Waals surface area contributed by atoms with Crippen molar-refractivity contribution < 1.29 is 19.1 Å². The molecule has 0 bridgehead atoms. The molecule has 3 amide bonds. The Kier molecular flexibility index (Phi) is 6.11. The number of carbonyl (C=O) groups excluding carboxylic acids is 3. The van der Waals surface area contributed by atoms with Crippen LogP contribution in [-0.4, -0.2) is 77.0 Å². The number of amides is 3. The van der Waals surface area contributed by atoms with Gasteiger partial charge in [0.25, 0.3) is 0 Å². The summed E-state index contributed by atoms with van der Waals surface area (Å²) in [5.41, 5.74) is 1.74. The molecule has 0 unspecified atom stereocenters. The van der Waals surface area contributed by atoms with Crippen molar-refractivity contribution in [2.75, 3.05) is 44.2 Å². The zero-order valence-electron chi connectivity index (χ0n) is 17.5. The van der Waals surface area contributed by atoms with Crippen molar-refractivity contribution in [1.29, 1.82) is 0 Å². The Morgan fingerprint density at radius 1 is 0.935 bits per heavy atom. The lowest BCUT2D eigenvalue weighted by molar-refractivity contribution is -0.145. The summed E-state index contributed by atoms with van der Waals surface area (Å²) in [7, 11) is 0. The average Bonchev–Trinajstić information content (AvgIpc) is 3.12. The van der Waals surface area contributed by atoms with Gasteiger partial charge in [0, 0.05) is 44.6 Å². The lowest BCUT2D eigenvalue weighted by Gasteiger charge is -2.35. The van der Waals surface area contributed by atoms with Crippen molar-refractivity contribution in [3.8, 4) is 17.0 Å². The van der Waals surface area contributed by atoms with Crippen molar-refractivity contribution in [2.45, 2.75) is 19.8 Å². The lowest BCUT2D eigenvalue weighted by Crippen LogP contribution is -2.52. The number of hydrogen-bond donors (Lipinski definition) is 0. The fourth-order valence-electron chi connectivity index (χ4n) is 3.76. The second kappa shape index (κ2) is 9.11. The number of likely N-dealkylation sites (tertiary alicyclic amines) is 1. The minimum atomic E-state index is -0.264. The standard InChI is InChI=1S/C22H25N5O4/c1-2-31-17-5-3-16(4-6-17)18-7-8-19(24-23-18)25-11-13-26(14-12-25)22(30)15-27-20(28)9-10-21(27)29/h3-8H,2,9-15H2,1H3. The van der Waals surface area contributed by atoms with Gasteiger partial charge in [0.05, 0.1) is 12.3 Å². The molecular formula is C22H25N5O4. The molecule has 0 radical (unpaired) electrons. The number of imide groups is 1. The lowest BCUT2D eigenvalue weighted by atomic mass is 10.1. The number of ether oxygens (including phenoxy) is 1. The molecule has 31 heavy (non-hydrogen) atoms. The van der Waals surface area contributed by atoms with Gasteiger partial charge in [-0.15, -0.1) is 10.2 Å². The van der Waals surface area contributed by atoms with Crippen LogP contribution in [0.25, 0.3) is 11.3 Å². The Balaban J connectivity index is 1.32. The third kappa shape index (κ3) is 4.65. The van der Waals surface area contributed by atoms with Gasteiger partial charge in [0.2, 0.25) is 17.7 Å². The van der Waals surface area contributed by atoms with Crippen molar-refractivity contribution in [2.24, 2.45) is 0 Å². The third-order valence-electron chi connectivity index (χ3n) is 5.52. The van der Waals surface area contributed by atoms with E-state index in [2.05, 4.69) is 15.1 Å². The van der Waals surface area contributed by atoms with Gasteiger partial charge < -0.3 is 14.5 Å². The molecule has 1 aromatic heterocycles. The number of piperazine rings is 1. The highest BCUT2D eigenvalue weighted by Gasteiger charge is 2.32. The Labute approximate surface area is 180 Å². The van der Waals surface area contributed by atoms with Crippen LogP contribution in [0, 0.1) is 0 Å². The molecule has 0 N–H and O–H groups in total. The van der Waals surface area contributed by atoms with Crippen LogP contribution in [0.15, 0.2) is 36.4 Å². The highest BCUT2D eigenvalue weighted by Crippen LogP contribution is 2.22. The molecule has 2 aromatic rings. The number of anilines is 1. The summed E-state index contributed by atoms with van der Waals surface area (Å²) >= 11 is 0. The van der Waals surface area contributed by atoms with E-state index in [1.165, 1.54) is 0 Å². The predicted molar refractivity (Wildman–Crippen MR) is 113 cm³/mol. The molecule has 9 heteroatoms. The molecule has 2 fully saturated rings. The molecule has 1 aromatic carbocycles. The number of rotatable bonds is 6. The first-order valence-electron chi connectivity index (χ1n) is 10.5. The molecule has 0 saturated carbocycles. The minimum Gasteiger partial charge on any atom is -0.494 e. The molecule has 2 aliphatic heterocycles. The largest absolute Gasteiger partial charge is 0.494 e. The van der Waals surface area contributed by atoms with Crippen molar-refractivity contribution >= 4 is 23.5 Å². The number of nitrogens with zero attached hydrogens (tertiary/aromatic N) is 5. The maximum absolute atomic E-state index is 12.5. The van der Waals surface area contributed by atoms with E-state index in [-0.39, 0.29) is 37.1 Å². The van der Waals surface area contributed by atoms with Gasteiger partial charge >= 0.3 is 0 Å². The Bertz CT molecular complexity index is 937. The zero-order valence-corrected chi connectivity index (χ0v) is 17.5. The summed E-state index contributed by atoms with van der Waals surface area (Å²) in [4.78, 5) is 40.8. The second-order valence-electron chi connectivity index (χ2n) is 7.48. The van der Waals surface area contributed by atoms with E-state index in [9.17, 15) is 14.4 Å². The van der Waals surface area contributed by atoms with Gasteiger partial charge in [0.15, 0.2) is 5.82 Å². The monoisotopic (exact) mass is 423 g/mol. The Morgan fingerprint density at radius 2 is 1.61 bits per heavy atom. The van der Waals surface area contributed by atoms with Crippen LogP contribution in [0.5, 0.6) is 5.75 Å². The van der Waals surface area contributed by atoms with Gasteiger partial charge in [-0.25, -0.2) is 0 Å². The van der Waals surface area contributed by atoms with Crippen LogP contribution in [-0.2, 0) is 14.4 Å². The first kappa shape index (κ1) is 20.8. The van der Waals surface area contributed by atoms with Crippen molar-refractivity contribution in [1.82, 2.24) is 20.0 Å². The Morgan fingerprint density at radius 3 is 2.19 bits per heavy atom. The van der Waals surface area contributed by atoms with Crippen LogP contribution in [0.3, 0.4) is 0 Å². The van der Waals surface area contributed by atoms with E-state index in [0.29, 0.717) is 32.8 Å². The highest BCUT2D eigenvalue weighted by atomic mass is 16.5. The summed E-state index contributed by atoms with van der Waals surface area (Å²) in [6.45, 7) is 4.67. The molecule has 162 valence electrons. The van der Waals surface area contributed by atoms with E-state index in [1.807, 2.05) is 43.3 Å². The summed E-state index contributed by atoms with van der Waals surface area (Å²) in [5.74, 6) is 0.855. The van der Waals surface area contributed by atoms with E-state index in [0.717, 1.165) is 27.7 Å². The van der Waals surface area contributed by atoms with Gasteiger partial charge in [-0.3, -0.25) is 19.3 Å². The van der Waals surface area contributed by atoms with E-state index >= 15 is 0 Å². The van der Waals surface area contributed by atoms with Crippen molar-refractivity contribution in [3.05, 3.63) is 36.4 Å². The van der Waals surface area contributed by atoms with Gasteiger partial charge in [-0.2, -0.15) is 0 Å². The fraction of sp³-hybridized carbons (Fsp3) is 0.409. The highest BCUT2D eigenvalue weighted by molar-refractivity contribution is 6.04. The van der Waals surface area contributed by atoms with Gasteiger partial charge in [-0.05, 0) is 43.3 Å². The van der Waals surface area contributed by atoms with E-state index in [1.54, 1.807) is 4.90 Å². The van der Waals surface area contributed by atoms with Crippen LogP contribution >= 0.6 is 0 Å². The second-order valence-corrected chi connectivity index (χ2v) is 7.48. The van der Waals surface area contributed by atoms with Crippen LogP contribution < -0.4 is 9.64 Å². The summed E-state index contributed by atoms with van der Waals surface area (Å²) in [6.07, 6.45) is 0.399. The topological polar surface area (TPSA) is 95.9 Å². The maximum atomic E-state index is 12.5. The maximum Gasteiger partial charge on any atom is 0.242 e. The van der Waals surface area contributed by atoms with Crippen molar-refractivity contribution in [3.63, 3.8) is 0 Å². The van der Waals surface area contributed by atoms with Crippen LogP contribution in [0.1, 0.15) is 19.8 Å². The number of benzene rings is 1. The molecule has 2 aliphatic rings. The SMILES string of the molecule is CCOc1ccc(-c2ccc(N3CCN(C(=O)CN4C(=O)CCC4=O)CC3)nn2)cc1. The smallest absolute Gasteiger partial charge is 0.242 e. The number of carbonyl (C=O) groups is 3. The molecule has 2 saturated heterocycles. The summed E-state index contributed by atoms with van der Waals surface area (Å²) in [5, 5.41) is 8.70. The number of aromatic nitrogens is 2. The Hall–Kier alpha value is -3.49. The van der Waals surface area contributed by atoms with Gasteiger partial charge in [-0.1, -0.05) is 0 Å². The van der Waals surface area contributed by atoms with E-state index in [4.69, 9.17) is 4.74 Å². The molecule has 4 rings (SSSR count). The number of hydrogen-bond acceptors (Lipinski definition) is 7. The molecule has 0 spiro atoms. The predicted octanol–water partition coefficient (Wildman–Crippen LogP) is 1.34. The van der Waals surface area contributed by atoms with Crippen LogP contribution in [0.2, 0.25) is 0 Å². The first-order chi connectivity index (χ1) is 15.0. The van der Waals surface area contributed by atoms with Crippen LogP contribution in [0.4, 0.5) is 5.82 Å². The average molecular weight is 423 g/mol. The molecule has 0 aliphatic carbocycles. The zero-order chi connectivity index (χ0) is 21.8. The molecular weight excluding hydrogens is 398 g/mol. The molecule has 3 heterocycles. The normalized spacial score (nSPS) is 16.7.